The standard InChI is InChI=1S/C55H52N10O6/c56-41(21-31-26-57-42-16-6-1-11-36(31)42)51(66)62-47(22-32-27-58-43-17-7-2-12-37(32)43)52(67)63-48(23-33-28-59-44-18-8-3-13-38(33)44)53(68)64-49(24-34-29-60-45-19-9-4-14-39(34)45)54(69)65-50(55(70)71)25-35-30-61-46-20-10-5-15-40(35)46/h1-20,26-30,41,47-50,57-61H,21-25,56H2,(H,62,66)(H,63,67)(H,64,68)(H,65,69)(H,70,71)/t41-,47+,48-,49+,50-/m1/s1. The molecule has 0 bridgehead atoms. The Morgan fingerprint density at radius 2 is 0.606 bits per heavy atom. The molecule has 12 N–H and O–H groups in total. The van der Waals surface area contributed by atoms with Crippen LogP contribution in [-0.2, 0) is 56.1 Å². The van der Waals surface area contributed by atoms with E-state index in [1.54, 1.807) is 24.8 Å². The van der Waals surface area contributed by atoms with Crippen LogP contribution in [-0.4, -0.2) is 89.8 Å². The molecule has 0 unspecified atom stereocenters. The van der Waals surface area contributed by atoms with Crippen molar-refractivity contribution in [3.8, 4) is 0 Å². The number of carboxylic acids is 1. The van der Waals surface area contributed by atoms with Crippen LogP contribution in [0.15, 0.2) is 152 Å². The van der Waals surface area contributed by atoms with E-state index in [0.717, 1.165) is 65.6 Å². The molecule has 0 aliphatic carbocycles. The summed E-state index contributed by atoms with van der Waals surface area (Å²) < 4.78 is 0. The highest BCUT2D eigenvalue weighted by Crippen LogP contribution is 2.25. The van der Waals surface area contributed by atoms with Crippen LogP contribution in [0.3, 0.4) is 0 Å². The number of rotatable bonds is 19. The van der Waals surface area contributed by atoms with Crippen molar-refractivity contribution >= 4 is 84.1 Å². The SMILES string of the molecule is N[C@H](Cc1c[nH]c2ccccc12)C(=O)N[C@@H](Cc1c[nH]c2ccccc12)C(=O)N[C@H](Cc1c[nH]c2ccccc12)C(=O)N[C@@H](Cc1c[nH]c2ccccc12)C(=O)N[C@H](Cc1c[nH]c2ccccc12)C(=O)O. The van der Waals surface area contributed by atoms with Crippen LogP contribution in [0, 0.1) is 0 Å². The fourth-order valence-electron chi connectivity index (χ4n) is 9.64. The Morgan fingerprint density at radius 1 is 0.366 bits per heavy atom. The number of amides is 4. The van der Waals surface area contributed by atoms with E-state index in [2.05, 4.69) is 46.2 Å². The Morgan fingerprint density at radius 3 is 0.901 bits per heavy atom. The third-order valence-electron chi connectivity index (χ3n) is 13.4. The number of fused-ring (bicyclic) bond motifs is 5. The first-order valence-electron chi connectivity index (χ1n) is 23.5. The van der Waals surface area contributed by atoms with Gasteiger partial charge >= 0.3 is 5.97 Å². The number of nitrogens with two attached hydrogens (primary N) is 1. The molecule has 10 aromatic rings. The second kappa shape index (κ2) is 20.0. The zero-order chi connectivity index (χ0) is 49.0. The molecule has 0 aliphatic rings. The molecule has 5 heterocycles. The minimum atomic E-state index is -1.36. The van der Waals surface area contributed by atoms with Gasteiger partial charge in [-0.3, -0.25) is 19.2 Å². The van der Waals surface area contributed by atoms with Crippen molar-refractivity contribution in [2.45, 2.75) is 62.3 Å². The summed E-state index contributed by atoms with van der Waals surface area (Å²) in [5.41, 5.74) is 14.5. The average molecular weight is 949 g/mol. The van der Waals surface area contributed by atoms with Crippen LogP contribution >= 0.6 is 0 Å². The maximum Gasteiger partial charge on any atom is 0.326 e. The zero-order valence-electron chi connectivity index (χ0n) is 38.4. The Kier molecular flexibility index (Phi) is 12.9. The molecule has 0 spiro atoms. The number of aromatic amines is 5. The highest BCUT2D eigenvalue weighted by atomic mass is 16.4. The molecule has 0 fully saturated rings. The second-order valence-electron chi connectivity index (χ2n) is 18.0. The van der Waals surface area contributed by atoms with E-state index in [4.69, 9.17) is 5.73 Å². The molecule has 4 amide bonds. The minimum Gasteiger partial charge on any atom is -0.480 e. The van der Waals surface area contributed by atoms with Gasteiger partial charge in [0.1, 0.15) is 24.2 Å². The van der Waals surface area contributed by atoms with Gasteiger partial charge in [0.15, 0.2) is 0 Å². The molecule has 16 heteroatoms. The zero-order valence-corrected chi connectivity index (χ0v) is 38.4. The Balaban J connectivity index is 0.957. The fourth-order valence-corrected chi connectivity index (χ4v) is 9.64. The Bertz CT molecular complexity index is 3580. The summed E-state index contributed by atoms with van der Waals surface area (Å²) in [5.74, 6) is -3.93. The molecule has 0 aliphatic heterocycles. The topological polar surface area (TPSA) is 259 Å². The molecule has 16 nitrogen and oxygen atoms in total. The molecular formula is C55H52N10O6. The smallest absolute Gasteiger partial charge is 0.326 e. The van der Waals surface area contributed by atoms with E-state index in [1.807, 2.05) is 128 Å². The summed E-state index contributed by atoms with van der Waals surface area (Å²) in [6.45, 7) is 0. The lowest BCUT2D eigenvalue weighted by molar-refractivity contribution is -0.142. The van der Waals surface area contributed by atoms with E-state index >= 15 is 4.79 Å². The third-order valence-corrected chi connectivity index (χ3v) is 13.4. The maximum atomic E-state index is 15.0. The average Bonchev–Trinajstić information content (AvgIpc) is 4.25. The molecule has 71 heavy (non-hydrogen) atoms. The van der Waals surface area contributed by atoms with Crippen molar-refractivity contribution in [3.05, 3.63) is 180 Å². The highest BCUT2D eigenvalue weighted by Gasteiger charge is 2.34. The molecule has 10 rings (SSSR count). The summed E-state index contributed by atoms with van der Waals surface area (Å²) in [6.07, 6.45) is 9.00. The van der Waals surface area contributed by atoms with Crippen LogP contribution in [0.25, 0.3) is 54.5 Å². The van der Waals surface area contributed by atoms with Gasteiger partial charge in [-0.15, -0.1) is 0 Å². The predicted molar refractivity (Wildman–Crippen MR) is 273 cm³/mol. The number of carbonyl (C=O) groups is 5. The van der Waals surface area contributed by atoms with Crippen molar-refractivity contribution in [2.24, 2.45) is 5.73 Å². The number of carbonyl (C=O) groups excluding carboxylic acids is 4. The van der Waals surface area contributed by atoms with Gasteiger partial charge < -0.3 is 57.0 Å². The monoisotopic (exact) mass is 948 g/mol. The molecule has 0 saturated carbocycles. The Hall–Kier alpha value is -8.89. The molecule has 5 atom stereocenters. The first kappa shape index (κ1) is 45.9. The lowest BCUT2D eigenvalue weighted by Crippen LogP contribution is -2.59. The van der Waals surface area contributed by atoms with Gasteiger partial charge in [-0.2, -0.15) is 0 Å². The van der Waals surface area contributed by atoms with Gasteiger partial charge in [-0.1, -0.05) is 91.0 Å². The van der Waals surface area contributed by atoms with Crippen LogP contribution in [0.2, 0.25) is 0 Å². The highest BCUT2D eigenvalue weighted by molar-refractivity contribution is 5.98. The van der Waals surface area contributed by atoms with E-state index < -0.39 is 59.8 Å². The number of H-pyrrole nitrogens is 5. The maximum absolute atomic E-state index is 15.0. The number of nitrogens with one attached hydrogen (secondary N) is 9. The molecular weight excluding hydrogens is 897 g/mol. The van der Waals surface area contributed by atoms with Gasteiger partial charge in [-0.25, -0.2) is 4.79 Å². The van der Waals surface area contributed by atoms with Gasteiger partial charge in [0.05, 0.1) is 6.04 Å². The quantitative estimate of drug-likeness (QED) is 0.0463. The number of aliphatic carboxylic acids is 1. The number of para-hydroxylation sites is 5. The van der Waals surface area contributed by atoms with E-state index in [0.29, 0.717) is 16.7 Å². The molecule has 5 aromatic carbocycles. The predicted octanol–water partition coefficient (Wildman–Crippen LogP) is 5.96. The van der Waals surface area contributed by atoms with Gasteiger partial charge in [0.25, 0.3) is 0 Å². The van der Waals surface area contributed by atoms with Crippen molar-refractivity contribution in [1.29, 1.82) is 0 Å². The van der Waals surface area contributed by atoms with Crippen molar-refractivity contribution in [3.63, 3.8) is 0 Å². The largest absolute Gasteiger partial charge is 0.480 e. The van der Waals surface area contributed by atoms with Gasteiger partial charge in [0, 0.05) is 111 Å². The van der Waals surface area contributed by atoms with Crippen molar-refractivity contribution in [1.82, 2.24) is 46.2 Å². The molecule has 358 valence electrons. The summed E-state index contributed by atoms with van der Waals surface area (Å²) in [6, 6.07) is 31.7. The fraction of sp³-hybridized carbons (Fsp3) is 0.182. The molecule has 0 radical (unpaired) electrons. The minimum absolute atomic E-state index is 0.0187. The summed E-state index contributed by atoms with van der Waals surface area (Å²) in [7, 11) is 0. The van der Waals surface area contributed by atoms with Crippen LogP contribution in [0.5, 0.6) is 0 Å². The first-order valence-corrected chi connectivity index (χ1v) is 23.5. The normalized spacial score (nSPS) is 13.8. The molecule has 0 saturated heterocycles. The van der Waals surface area contributed by atoms with Crippen molar-refractivity contribution < 1.29 is 29.1 Å². The number of benzene rings is 5. The van der Waals surface area contributed by atoms with Crippen molar-refractivity contribution in [2.75, 3.05) is 0 Å². The second-order valence-corrected chi connectivity index (χ2v) is 18.0. The summed E-state index contributed by atoms with van der Waals surface area (Å²) in [4.78, 5) is 87.6. The van der Waals surface area contributed by atoms with E-state index in [1.165, 1.54) is 0 Å². The number of aromatic nitrogens is 5. The van der Waals surface area contributed by atoms with Gasteiger partial charge in [0.2, 0.25) is 23.6 Å². The number of hydrogen-bond acceptors (Lipinski definition) is 6. The number of hydrogen-bond donors (Lipinski definition) is 11. The number of carboxylic acid groups (broad SMARTS) is 1. The summed E-state index contributed by atoms with van der Waals surface area (Å²) in [5, 5.41) is 26.2. The van der Waals surface area contributed by atoms with Crippen LogP contribution in [0.1, 0.15) is 27.8 Å². The molecule has 5 aromatic heterocycles. The van der Waals surface area contributed by atoms with E-state index in [9.17, 15) is 24.3 Å². The van der Waals surface area contributed by atoms with Gasteiger partial charge in [-0.05, 0) is 64.6 Å². The first-order chi connectivity index (χ1) is 34.6. The summed E-state index contributed by atoms with van der Waals surface area (Å²) >= 11 is 0. The third kappa shape index (κ3) is 9.87. The van der Waals surface area contributed by atoms with Crippen LogP contribution in [0.4, 0.5) is 0 Å². The Labute approximate surface area is 406 Å². The van der Waals surface area contributed by atoms with E-state index in [-0.39, 0.29) is 32.1 Å². The lowest BCUT2D eigenvalue weighted by atomic mass is 9.99. The van der Waals surface area contributed by atoms with Crippen LogP contribution < -0.4 is 27.0 Å². The lowest BCUT2D eigenvalue weighted by Gasteiger charge is -2.26.